The zero-order chi connectivity index (χ0) is 17.6. The van der Waals surface area contributed by atoms with Crippen molar-refractivity contribution in [1.29, 1.82) is 0 Å². The quantitative estimate of drug-likeness (QED) is 0.637. The lowest BCUT2D eigenvalue weighted by atomic mass is 10.3. The third-order valence-corrected chi connectivity index (χ3v) is 3.59. The van der Waals surface area contributed by atoms with Gasteiger partial charge in [-0.05, 0) is 49.4 Å². The summed E-state index contributed by atoms with van der Waals surface area (Å²) in [6.45, 7) is 2.57. The normalized spacial score (nSPS) is 10.4. The fourth-order valence-electron chi connectivity index (χ4n) is 2.16. The number of ether oxygens (including phenoxy) is 1. The van der Waals surface area contributed by atoms with Crippen LogP contribution in [0, 0.1) is 5.82 Å². The van der Waals surface area contributed by atoms with Crippen molar-refractivity contribution in [2.24, 2.45) is 0 Å². The van der Waals surface area contributed by atoms with Crippen LogP contribution in [0.5, 0.6) is 5.75 Å². The van der Waals surface area contributed by atoms with Crippen LogP contribution in [0.15, 0.2) is 54.9 Å². The van der Waals surface area contributed by atoms with E-state index in [1.54, 1.807) is 12.1 Å². The summed E-state index contributed by atoms with van der Waals surface area (Å²) in [5.74, 6) is 1.53. The first kappa shape index (κ1) is 17.0. The van der Waals surface area contributed by atoms with E-state index in [4.69, 9.17) is 16.3 Å². The topological polar surface area (TPSA) is 59.1 Å². The molecule has 0 bridgehead atoms. The Bertz CT molecular complexity index is 858. The minimum atomic E-state index is -0.465. The number of halogens is 2. The lowest BCUT2D eigenvalue weighted by molar-refractivity contribution is 0.340. The molecule has 0 amide bonds. The van der Waals surface area contributed by atoms with Crippen LogP contribution in [-0.2, 0) is 0 Å². The summed E-state index contributed by atoms with van der Waals surface area (Å²) in [5.41, 5.74) is 1.51. The molecule has 3 aromatic rings. The predicted molar refractivity (Wildman–Crippen MR) is 97.6 cm³/mol. The Hall–Kier alpha value is -2.86. The van der Waals surface area contributed by atoms with Crippen molar-refractivity contribution in [1.82, 2.24) is 9.97 Å². The van der Waals surface area contributed by atoms with Gasteiger partial charge in [-0.15, -0.1) is 0 Å². The SMILES string of the molecule is CCOc1ccc(Nc2cc(Nc3ccc(F)c(Cl)c3)ncn2)cc1. The molecule has 0 atom stereocenters. The highest BCUT2D eigenvalue weighted by molar-refractivity contribution is 6.31. The second-order valence-electron chi connectivity index (χ2n) is 5.12. The minimum absolute atomic E-state index is 0.0480. The molecule has 2 aromatic carbocycles. The molecule has 2 N–H and O–H groups in total. The highest BCUT2D eigenvalue weighted by Crippen LogP contribution is 2.24. The molecule has 0 aliphatic rings. The molecule has 5 nitrogen and oxygen atoms in total. The van der Waals surface area contributed by atoms with Crippen LogP contribution in [0.3, 0.4) is 0 Å². The number of benzene rings is 2. The fraction of sp³-hybridized carbons (Fsp3) is 0.111. The second kappa shape index (κ2) is 7.81. The van der Waals surface area contributed by atoms with Crippen LogP contribution in [0.25, 0.3) is 0 Å². The molecule has 0 unspecified atom stereocenters. The summed E-state index contributed by atoms with van der Waals surface area (Å²) in [6.07, 6.45) is 1.43. The first-order valence-electron chi connectivity index (χ1n) is 7.68. The molecule has 1 heterocycles. The largest absolute Gasteiger partial charge is 0.494 e. The van der Waals surface area contributed by atoms with E-state index in [1.807, 2.05) is 31.2 Å². The van der Waals surface area contributed by atoms with Gasteiger partial charge >= 0.3 is 0 Å². The van der Waals surface area contributed by atoms with E-state index in [2.05, 4.69) is 20.6 Å². The van der Waals surface area contributed by atoms with Crippen LogP contribution >= 0.6 is 11.6 Å². The number of aromatic nitrogens is 2. The fourth-order valence-corrected chi connectivity index (χ4v) is 2.35. The first-order chi connectivity index (χ1) is 12.1. The van der Waals surface area contributed by atoms with Crippen molar-refractivity contribution in [3.05, 3.63) is 65.7 Å². The number of nitrogens with zero attached hydrogens (tertiary/aromatic N) is 2. The molecular weight excluding hydrogens is 343 g/mol. The summed E-state index contributed by atoms with van der Waals surface area (Å²) < 4.78 is 18.6. The van der Waals surface area contributed by atoms with Crippen molar-refractivity contribution < 1.29 is 9.13 Å². The van der Waals surface area contributed by atoms with Crippen molar-refractivity contribution in [2.45, 2.75) is 6.92 Å². The molecule has 0 saturated heterocycles. The molecule has 3 rings (SSSR count). The van der Waals surface area contributed by atoms with E-state index in [-0.39, 0.29) is 5.02 Å². The van der Waals surface area contributed by atoms with Crippen LogP contribution in [0.1, 0.15) is 6.92 Å². The maximum atomic E-state index is 13.2. The Morgan fingerprint density at radius 1 is 0.960 bits per heavy atom. The van der Waals surface area contributed by atoms with Gasteiger partial charge in [-0.1, -0.05) is 11.6 Å². The smallest absolute Gasteiger partial charge is 0.141 e. The standard InChI is InChI=1S/C18H16ClFN4O/c1-2-25-14-6-3-12(4-7-14)23-17-10-18(22-11-21-17)24-13-5-8-16(20)15(19)9-13/h3-11H,2H2,1H3,(H2,21,22,23,24). The third-order valence-electron chi connectivity index (χ3n) is 3.30. The van der Waals surface area contributed by atoms with Crippen molar-refractivity contribution >= 4 is 34.6 Å². The maximum absolute atomic E-state index is 13.2. The van der Waals surface area contributed by atoms with Gasteiger partial charge in [0.1, 0.15) is 29.5 Å². The van der Waals surface area contributed by atoms with Gasteiger partial charge in [-0.25, -0.2) is 14.4 Å². The second-order valence-corrected chi connectivity index (χ2v) is 5.53. The summed E-state index contributed by atoms with van der Waals surface area (Å²) in [7, 11) is 0. The van der Waals surface area contributed by atoms with Gasteiger partial charge in [0.05, 0.1) is 11.6 Å². The monoisotopic (exact) mass is 358 g/mol. The van der Waals surface area contributed by atoms with Gasteiger partial charge in [-0.3, -0.25) is 0 Å². The molecule has 7 heteroatoms. The van der Waals surface area contributed by atoms with Gasteiger partial charge in [0.25, 0.3) is 0 Å². The Kier molecular flexibility index (Phi) is 5.30. The van der Waals surface area contributed by atoms with Gasteiger partial charge < -0.3 is 15.4 Å². The van der Waals surface area contributed by atoms with E-state index in [0.29, 0.717) is 23.9 Å². The Morgan fingerprint density at radius 3 is 2.24 bits per heavy atom. The Labute approximate surface area is 149 Å². The van der Waals surface area contributed by atoms with E-state index >= 15 is 0 Å². The van der Waals surface area contributed by atoms with E-state index < -0.39 is 5.82 Å². The lowest BCUT2D eigenvalue weighted by Gasteiger charge is -2.10. The zero-order valence-corrected chi connectivity index (χ0v) is 14.2. The van der Waals surface area contributed by atoms with Crippen LogP contribution in [0.4, 0.5) is 27.4 Å². The number of nitrogens with one attached hydrogen (secondary N) is 2. The van der Waals surface area contributed by atoms with Gasteiger partial charge in [0.15, 0.2) is 0 Å². The molecule has 0 spiro atoms. The van der Waals surface area contributed by atoms with Gasteiger partial charge in [0, 0.05) is 17.4 Å². The lowest BCUT2D eigenvalue weighted by Crippen LogP contribution is -1.99. The molecule has 0 fully saturated rings. The van der Waals surface area contributed by atoms with Crippen LogP contribution in [-0.4, -0.2) is 16.6 Å². The Balaban J connectivity index is 1.71. The zero-order valence-electron chi connectivity index (χ0n) is 13.5. The third kappa shape index (κ3) is 4.58. The summed E-state index contributed by atoms with van der Waals surface area (Å²) in [5, 5.41) is 6.30. The minimum Gasteiger partial charge on any atom is -0.494 e. The van der Waals surface area contributed by atoms with Crippen molar-refractivity contribution in [2.75, 3.05) is 17.2 Å². The highest BCUT2D eigenvalue weighted by atomic mass is 35.5. The summed E-state index contributed by atoms with van der Waals surface area (Å²) >= 11 is 5.78. The van der Waals surface area contributed by atoms with Gasteiger partial charge in [0.2, 0.25) is 0 Å². The maximum Gasteiger partial charge on any atom is 0.141 e. The number of hydrogen-bond acceptors (Lipinski definition) is 5. The molecule has 25 heavy (non-hydrogen) atoms. The summed E-state index contributed by atoms with van der Waals surface area (Å²) in [6, 6.07) is 13.7. The molecular formula is C18H16ClFN4O. The number of anilines is 4. The summed E-state index contributed by atoms with van der Waals surface area (Å²) in [4.78, 5) is 8.33. The van der Waals surface area contributed by atoms with Crippen LogP contribution in [0.2, 0.25) is 5.02 Å². The molecule has 0 aliphatic carbocycles. The molecule has 0 aliphatic heterocycles. The molecule has 0 saturated carbocycles. The predicted octanol–water partition coefficient (Wildman–Crippen LogP) is 5.16. The Morgan fingerprint density at radius 2 is 1.60 bits per heavy atom. The molecule has 0 radical (unpaired) electrons. The van der Waals surface area contributed by atoms with E-state index in [1.165, 1.54) is 18.5 Å². The van der Waals surface area contributed by atoms with Crippen molar-refractivity contribution in [3.8, 4) is 5.75 Å². The van der Waals surface area contributed by atoms with E-state index in [9.17, 15) is 4.39 Å². The average molecular weight is 359 g/mol. The highest BCUT2D eigenvalue weighted by Gasteiger charge is 2.04. The van der Waals surface area contributed by atoms with E-state index in [0.717, 1.165) is 11.4 Å². The average Bonchev–Trinajstić information content (AvgIpc) is 2.61. The molecule has 128 valence electrons. The van der Waals surface area contributed by atoms with Gasteiger partial charge in [-0.2, -0.15) is 0 Å². The van der Waals surface area contributed by atoms with Crippen molar-refractivity contribution in [3.63, 3.8) is 0 Å². The van der Waals surface area contributed by atoms with Crippen LogP contribution < -0.4 is 15.4 Å². The first-order valence-corrected chi connectivity index (χ1v) is 8.06. The molecule has 1 aromatic heterocycles. The number of hydrogen-bond donors (Lipinski definition) is 2. The number of rotatable bonds is 6.